The molecule has 1 aromatic carbocycles. The average molecular weight is 371 g/mol. The van der Waals surface area contributed by atoms with Gasteiger partial charge in [0, 0.05) is 38.9 Å². The first kappa shape index (κ1) is 17.1. The fourth-order valence-electron chi connectivity index (χ4n) is 3.20. The largest absolute Gasteiger partial charge is 0.296 e. The van der Waals surface area contributed by atoms with Crippen molar-refractivity contribution in [1.29, 1.82) is 0 Å². The smallest absolute Gasteiger partial charge is 0.243 e. The maximum Gasteiger partial charge on any atom is 0.243 e. The average Bonchev–Trinajstić information content (AvgIpc) is 3.10. The van der Waals surface area contributed by atoms with E-state index in [1.165, 1.54) is 6.33 Å². The monoisotopic (exact) mass is 371 g/mol. The van der Waals surface area contributed by atoms with Crippen molar-refractivity contribution in [3.8, 4) is 0 Å². The van der Waals surface area contributed by atoms with Gasteiger partial charge in [-0.3, -0.25) is 4.90 Å². The minimum atomic E-state index is -3.41. The second-order valence-corrected chi connectivity index (χ2v) is 8.53. The first-order valence-electron chi connectivity index (χ1n) is 8.60. The van der Waals surface area contributed by atoms with Crippen molar-refractivity contribution in [2.45, 2.75) is 18.4 Å². The highest BCUT2D eigenvalue weighted by molar-refractivity contribution is 7.89. The number of rotatable bonds is 4. The zero-order chi connectivity index (χ0) is 18.1. The van der Waals surface area contributed by atoms with E-state index in [9.17, 15) is 8.42 Å². The van der Waals surface area contributed by atoms with Crippen molar-refractivity contribution in [2.75, 3.05) is 26.2 Å². The predicted octanol–water partition coefficient (Wildman–Crippen LogP) is 1.54. The van der Waals surface area contributed by atoms with E-state index in [2.05, 4.69) is 15.0 Å². The topological polar surface area (TPSA) is 70.8 Å². The molecule has 0 atom stereocenters. The van der Waals surface area contributed by atoms with E-state index >= 15 is 0 Å². The molecule has 7 nitrogen and oxygen atoms in total. The lowest BCUT2D eigenvalue weighted by atomic mass is 10.2. The van der Waals surface area contributed by atoms with Crippen molar-refractivity contribution in [1.82, 2.24) is 23.8 Å². The van der Waals surface area contributed by atoms with Crippen LogP contribution in [0, 0.1) is 6.92 Å². The number of sulfonamides is 1. The molecule has 3 heterocycles. The molecule has 1 aliphatic heterocycles. The van der Waals surface area contributed by atoms with Gasteiger partial charge in [-0.1, -0.05) is 17.7 Å². The van der Waals surface area contributed by atoms with Gasteiger partial charge in [0.05, 0.1) is 4.90 Å². The lowest BCUT2D eigenvalue weighted by Gasteiger charge is -2.34. The molecule has 0 spiro atoms. The summed E-state index contributed by atoms with van der Waals surface area (Å²) in [6.45, 7) is 5.16. The molecule has 0 saturated carbocycles. The zero-order valence-electron chi connectivity index (χ0n) is 14.6. The van der Waals surface area contributed by atoms with Crippen molar-refractivity contribution in [3.05, 3.63) is 60.0 Å². The lowest BCUT2D eigenvalue weighted by Crippen LogP contribution is -2.48. The molecule has 2 aromatic heterocycles. The Kier molecular flexibility index (Phi) is 4.47. The molecule has 0 aliphatic carbocycles. The summed E-state index contributed by atoms with van der Waals surface area (Å²) >= 11 is 0. The molecule has 3 aromatic rings. The quantitative estimate of drug-likeness (QED) is 0.696. The number of aryl methyl sites for hydroxylation is 1. The predicted molar refractivity (Wildman–Crippen MR) is 98.2 cm³/mol. The zero-order valence-corrected chi connectivity index (χ0v) is 15.4. The third-order valence-electron chi connectivity index (χ3n) is 4.74. The number of nitrogens with zero attached hydrogens (tertiary/aromatic N) is 5. The minimum Gasteiger partial charge on any atom is -0.296 e. The normalized spacial score (nSPS) is 17.0. The van der Waals surface area contributed by atoms with E-state index < -0.39 is 10.0 Å². The van der Waals surface area contributed by atoms with Crippen LogP contribution in [0.15, 0.2) is 53.8 Å². The van der Waals surface area contributed by atoms with Gasteiger partial charge >= 0.3 is 0 Å². The van der Waals surface area contributed by atoms with Crippen LogP contribution in [-0.2, 0) is 16.6 Å². The molecule has 0 bridgehead atoms. The molecule has 4 rings (SSSR count). The maximum absolute atomic E-state index is 12.8. The number of hydrogen-bond acceptors (Lipinski definition) is 5. The minimum absolute atomic E-state index is 0.369. The second-order valence-electron chi connectivity index (χ2n) is 6.59. The summed E-state index contributed by atoms with van der Waals surface area (Å²) < 4.78 is 28.9. The summed E-state index contributed by atoms with van der Waals surface area (Å²) in [5, 5.41) is 4.10. The Balaban J connectivity index is 1.41. The van der Waals surface area contributed by atoms with Gasteiger partial charge in [-0.15, -0.1) is 0 Å². The van der Waals surface area contributed by atoms with Crippen LogP contribution in [0.25, 0.3) is 5.65 Å². The molecule has 1 saturated heterocycles. The summed E-state index contributed by atoms with van der Waals surface area (Å²) in [6, 6.07) is 11.1. The third kappa shape index (κ3) is 3.35. The molecule has 0 amide bonds. The van der Waals surface area contributed by atoms with E-state index in [0.717, 1.165) is 23.3 Å². The molecule has 26 heavy (non-hydrogen) atoms. The van der Waals surface area contributed by atoms with Gasteiger partial charge in [-0.2, -0.15) is 9.40 Å². The van der Waals surface area contributed by atoms with E-state index in [1.54, 1.807) is 21.0 Å². The van der Waals surface area contributed by atoms with Crippen molar-refractivity contribution in [3.63, 3.8) is 0 Å². The fourth-order valence-corrected chi connectivity index (χ4v) is 4.62. The Hall–Kier alpha value is -2.29. The number of pyridine rings is 1. The molecule has 0 unspecified atom stereocenters. The van der Waals surface area contributed by atoms with Crippen LogP contribution in [0.3, 0.4) is 0 Å². The molecular formula is C18H21N5O2S. The molecule has 1 fully saturated rings. The van der Waals surface area contributed by atoms with Crippen molar-refractivity contribution < 1.29 is 8.42 Å². The standard InChI is InChI=1S/C18H21N5O2S/c1-15-2-4-17(5-3-15)26(24,25)22-10-8-21(9-11-22)13-16-6-7-23-18(12-16)19-14-20-23/h2-7,12,14H,8-11,13H2,1H3. The van der Waals surface area contributed by atoms with Gasteiger partial charge in [0.15, 0.2) is 5.65 Å². The summed E-state index contributed by atoms with van der Waals surface area (Å²) in [5.41, 5.74) is 3.03. The highest BCUT2D eigenvalue weighted by Crippen LogP contribution is 2.19. The van der Waals surface area contributed by atoms with E-state index in [4.69, 9.17) is 0 Å². The number of piperazine rings is 1. The number of aromatic nitrogens is 3. The van der Waals surface area contributed by atoms with Gasteiger partial charge in [0.2, 0.25) is 10.0 Å². The van der Waals surface area contributed by atoms with Crippen LogP contribution in [0.5, 0.6) is 0 Å². The molecule has 0 N–H and O–H groups in total. The SMILES string of the molecule is Cc1ccc(S(=O)(=O)N2CCN(Cc3ccn4ncnc4c3)CC2)cc1. The third-order valence-corrected chi connectivity index (χ3v) is 6.65. The first-order chi connectivity index (χ1) is 12.5. The van der Waals surface area contributed by atoms with Gasteiger partial charge in [-0.25, -0.2) is 17.9 Å². The van der Waals surface area contributed by atoms with Gasteiger partial charge in [0.1, 0.15) is 6.33 Å². The van der Waals surface area contributed by atoms with E-state index in [1.807, 2.05) is 37.4 Å². The second kappa shape index (κ2) is 6.79. The molecule has 1 aliphatic rings. The van der Waals surface area contributed by atoms with Crippen LogP contribution >= 0.6 is 0 Å². The summed E-state index contributed by atoms with van der Waals surface area (Å²) in [7, 11) is -3.41. The van der Waals surface area contributed by atoms with Crippen molar-refractivity contribution >= 4 is 15.7 Å². The summed E-state index contributed by atoms with van der Waals surface area (Å²) in [5.74, 6) is 0. The van der Waals surface area contributed by atoms with Crippen LogP contribution in [0.1, 0.15) is 11.1 Å². The van der Waals surface area contributed by atoms with Crippen LogP contribution in [0.4, 0.5) is 0 Å². The van der Waals surface area contributed by atoms with E-state index in [0.29, 0.717) is 31.1 Å². The van der Waals surface area contributed by atoms with Gasteiger partial charge in [-0.05, 0) is 36.8 Å². The Labute approximate surface area is 152 Å². The summed E-state index contributed by atoms with van der Waals surface area (Å²) in [4.78, 5) is 6.84. The Morgan fingerprint density at radius 2 is 1.77 bits per heavy atom. The molecule has 8 heteroatoms. The van der Waals surface area contributed by atoms with Crippen LogP contribution in [-0.4, -0.2) is 58.4 Å². The van der Waals surface area contributed by atoms with Gasteiger partial charge in [0.25, 0.3) is 0 Å². The van der Waals surface area contributed by atoms with Crippen LogP contribution in [0.2, 0.25) is 0 Å². The van der Waals surface area contributed by atoms with Gasteiger partial charge < -0.3 is 0 Å². The number of hydrogen-bond donors (Lipinski definition) is 0. The Morgan fingerprint density at radius 3 is 2.50 bits per heavy atom. The van der Waals surface area contributed by atoms with Crippen LogP contribution < -0.4 is 0 Å². The molecule has 0 radical (unpaired) electrons. The van der Waals surface area contributed by atoms with E-state index in [-0.39, 0.29) is 0 Å². The summed E-state index contributed by atoms with van der Waals surface area (Å²) in [6.07, 6.45) is 3.43. The maximum atomic E-state index is 12.8. The Morgan fingerprint density at radius 1 is 1.04 bits per heavy atom. The molecular weight excluding hydrogens is 350 g/mol. The van der Waals surface area contributed by atoms with Crippen molar-refractivity contribution in [2.24, 2.45) is 0 Å². The molecule has 136 valence electrons. The first-order valence-corrected chi connectivity index (χ1v) is 10.0. The number of benzene rings is 1. The number of fused-ring (bicyclic) bond motifs is 1. The fraction of sp³-hybridized carbons (Fsp3) is 0.333. The highest BCUT2D eigenvalue weighted by Gasteiger charge is 2.28. The Bertz CT molecular complexity index is 1010. The lowest BCUT2D eigenvalue weighted by molar-refractivity contribution is 0.181. The highest BCUT2D eigenvalue weighted by atomic mass is 32.2.